The molecule has 2 aliphatic rings. The van der Waals surface area contributed by atoms with Crippen LogP contribution in [0.3, 0.4) is 0 Å². The predicted octanol–water partition coefficient (Wildman–Crippen LogP) is 1.00. The Hall–Kier alpha value is -0.370. The van der Waals surface area contributed by atoms with Gasteiger partial charge in [0.15, 0.2) is 5.78 Å². The Labute approximate surface area is 60.6 Å². The zero-order valence-electron chi connectivity index (χ0n) is 6.39. The lowest BCUT2D eigenvalue weighted by Crippen LogP contribution is -2.09. The zero-order chi connectivity index (χ0) is 7.35. The van der Waals surface area contributed by atoms with Crippen molar-refractivity contribution in [3.63, 3.8) is 0 Å². The van der Waals surface area contributed by atoms with Crippen molar-refractivity contribution >= 4 is 5.78 Å². The van der Waals surface area contributed by atoms with Crippen LogP contribution in [0.25, 0.3) is 0 Å². The van der Waals surface area contributed by atoms with E-state index in [0.717, 1.165) is 0 Å². The Morgan fingerprint density at radius 1 is 1.50 bits per heavy atom. The summed E-state index contributed by atoms with van der Waals surface area (Å²) < 4.78 is 5.44. The Bertz CT molecular complexity index is 178. The van der Waals surface area contributed by atoms with Crippen LogP contribution in [0.1, 0.15) is 20.3 Å². The van der Waals surface area contributed by atoms with Crippen LogP contribution in [-0.4, -0.2) is 18.0 Å². The minimum absolute atomic E-state index is 0.0168. The number of hydrogen-bond acceptors (Lipinski definition) is 2. The molecule has 2 fully saturated rings. The SMILES string of the molecule is CC1C(C)C12CC(=O)CO2. The van der Waals surface area contributed by atoms with Gasteiger partial charge < -0.3 is 4.74 Å². The molecule has 2 rings (SSSR count). The molecular weight excluding hydrogens is 128 g/mol. The lowest BCUT2D eigenvalue weighted by atomic mass is 10.1. The van der Waals surface area contributed by atoms with Gasteiger partial charge in [0.05, 0.1) is 5.60 Å². The van der Waals surface area contributed by atoms with Crippen LogP contribution in [0.5, 0.6) is 0 Å². The van der Waals surface area contributed by atoms with Crippen LogP contribution in [-0.2, 0) is 9.53 Å². The van der Waals surface area contributed by atoms with Crippen LogP contribution in [0, 0.1) is 11.8 Å². The molecule has 1 heterocycles. The van der Waals surface area contributed by atoms with Crippen LogP contribution in [0.4, 0.5) is 0 Å². The summed E-state index contributed by atoms with van der Waals surface area (Å²) in [5, 5.41) is 0. The van der Waals surface area contributed by atoms with Gasteiger partial charge in [-0.1, -0.05) is 13.8 Å². The lowest BCUT2D eigenvalue weighted by molar-refractivity contribution is -0.117. The first kappa shape index (κ1) is 6.35. The fraction of sp³-hybridized carbons (Fsp3) is 0.875. The second-order valence-corrected chi connectivity index (χ2v) is 3.54. The molecule has 1 saturated carbocycles. The normalized spacial score (nSPS) is 52.4. The number of Topliss-reactive ketones (excluding diaryl/α,β-unsaturated/α-hetero) is 1. The number of carbonyl (C=O) groups is 1. The molecule has 0 N–H and O–H groups in total. The second kappa shape index (κ2) is 1.62. The number of hydrogen-bond donors (Lipinski definition) is 0. The average Bonchev–Trinajstić information content (AvgIpc) is 2.37. The van der Waals surface area contributed by atoms with Crippen LogP contribution in [0.15, 0.2) is 0 Å². The smallest absolute Gasteiger partial charge is 0.161 e. The maximum atomic E-state index is 10.9. The maximum absolute atomic E-state index is 10.9. The van der Waals surface area contributed by atoms with E-state index in [4.69, 9.17) is 4.74 Å². The molecule has 2 unspecified atom stereocenters. The molecule has 10 heavy (non-hydrogen) atoms. The first-order valence-corrected chi connectivity index (χ1v) is 3.82. The molecule has 1 spiro atoms. The molecule has 0 bridgehead atoms. The van der Waals surface area contributed by atoms with Gasteiger partial charge in [0.25, 0.3) is 0 Å². The Balaban J connectivity index is 2.15. The van der Waals surface area contributed by atoms with Gasteiger partial charge in [-0.15, -0.1) is 0 Å². The molecular formula is C8H12O2. The number of rotatable bonds is 0. The van der Waals surface area contributed by atoms with E-state index in [1.54, 1.807) is 0 Å². The summed E-state index contributed by atoms with van der Waals surface area (Å²) in [4.78, 5) is 10.9. The van der Waals surface area contributed by atoms with Crippen LogP contribution < -0.4 is 0 Å². The Morgan fingerprint density at radius 3 is 2.30 bits per heavy atom. The van der Waals surface area contributed by atoms with Gasteiger partial charge in [0, 0.05) is 6.42 Å². The second-order valence-electron chi connectivity index (χ2n) is 3.54. The fourth-order valence-corrected chi connectivity index (χ4v) is 2.03. The molecule has 2 atom stereocenters. The van der Waals surface area contributed by atoms with Crippen molar-refractivity contribution in [2.45, 2.75) is 25.9 Å². The average molecular weight is 140 g/mol. The number of ether oxygens (including phenoxy) is 1. The van der Waals surface area contributed by atoms with Crippen molar-refractivity contribution in [3.8, 4) is 0 Å². The summed E-state index contributed by atoms with van der Waals surface area (Å²) in [6, 6.07) is 0. The van der Waals surface area contributed by atoms with Gasteiger partial charge in [-0.2, -0.15) is 0 Å². The van der Waals surface area contributed by atoms with E-state index in [-0.39, 0.29) is 11.4 Å². The summed E-state index contributed by atoms with van der Waals surface area (Å²) in [6.45, 7) is 4.67. The Kier molecular flexibility index (Phi) is 1.03. The summed E-state index contributed by atoms with van der Waals surface area (Å²) in [5.74, 6) is 1.47. The van der Waals surface area contributed by atoms with E-state index in [0.29, 0.717) is 24.9 Å². The molecule has 1 aliphatic carbocycles. The van der Waals surface area contributed by atoms with E-state index in [1.165, 1.54) is 0 Å². The third kappa shape index (κ3) is 0.553. The first-order chi connectivity index (χ1) is 4.67. The van der Waals surface area contributed by atoms with Crippen molar-refractivity contribution in [1.82, 2.24) is 0 Å². The monoisotopic (exact) mass is 140 g/mol. The fourth-order valence-electron chi connectivity index (χ4n) is 2.03. The van der Waals surface area contributed by atoms with Gasteiger partial charge in [-0.3, -0.25) is 4.79 Å². The number of ketones is 1. The standard InChI is InChI=1S/C8H12O2/c1-5-6(2)8(5)3-7(9)4-10-8/h5-6H,3-4H2,1-2H3. The molecule has 1 aliphatic heterocycles. The van der Waals surface area contributed by atoms with Gasteiger partial charge in [0.2, 0.25) is 0 Å². The van der Waals surface area contributed by atoms with Crippen molar-refractivity contribution in [2.75, 3.05) is 6.61 Å². The molecule has 1 saturated heterocycles. The highest BCUT2D eigenvalue weighted by atomic mass is 16.5. The number of carbonyl (C=O) groups excluding carboxylic acids is 1. The third-order valence-electron chi connectivity index (χ3n) is 3.16. The van der Waals surface area contributed by atoms with Gasteiger partial charge in [0.1, 0.15) is 6.61 Å². The minimum Gasteiger partial charge on any atom is -0.366 e. The molecule has 0 aromatic carbocycles. The largest absolute Gasteiger partial charge is 0.366 e. The summed E-state index contributed by atoms with van der Waals surface area (Å²) in [5.41, 5.74) is -0.0168. The third-order valence-corrected chi connectivity index (χ3v) is 3.16. The molecule has 0 amide bonds. The molecule has 56 valence electrons. The first-order valence-electron chi connectivity index (χ1n) is 3.82. The topological polar surface area (TPSA) is 26.3 Å². The Morgan fingerprint density at radius 2 is 2.10 bits per heavy atom. The summed E-state index contributed by atoms with van der Waals surface area (Å²) in [6.07, 6.45) is 0.662. The van der Waals surface area contributed by atoms with Crippen molar-refractivity contribution in [3.05, 3.63) is 0 Å². The summed E-state index contributed by atoms with van der Waals surface area (Å²) in [7, 11) is 0. The summed E-state index contributed by atoms with van der Waals surface area (Å²) >= 11 is 0. The van der Waals surface area contributed by atoms with Gasteiger partial charge >= 0.3 is 0 Å². The highest BCUT2D eigenvalue weighted by Crippen LogP contribution is 2.57. The molecule has 2 nitrogen and oxygen atoms in total. The van der Waals surface area contributed by atoms with Crippen molar-refractivity contribution in [1.29, 1.82) is 0 Å². The van der Waals surface area contributed by atoms with Crippen molar-refractivity contribution < 1.29 is 9.53 Å². The van der Waals surface area contributed by atoms with Gasteiger partial charge in [-0.25, -0.2) is 0 Å². The quantitative estimate of drug-likeness (QED) is 0.501. The van der Waals surface area contributed by atoms with E-state index >= 15 is 0 Å². The van der Waals surface area contributed by atoms with E-state index < -0.39 is 0 Å². The maximum Gasteiger partial charge on any atom is 0.161 e. The lowest BCUT2D eigenvalue weighted by Gasteiger charge is -2.04. The van der Waals surface area contributed by atoms with E-state index in [2.05, 4.69) is 13.8 Å². The molecule has 0 aromatic rings. The molecule has 0 aromatic heterocycles. The molecule has 0 radical (unpaired) electrons. The van der Waals surface area contributed by atoms with Crippen LogP contribution in [0.2, 0.25) is 0 Å². The van der Waals surface area contributed by atoms with Crippen LogP contribution >= 0.6 is 0 Å². The van der Waals surface area contributed by atoms with Gasteiger partial charge in [-0.05, 0) is 11.8 Å². The predicted molar refractivity (Wildman–Crippen MR) is 36.6 cm³/mol. The zero-order valence-corrected chi connectivity index (χ0v) is 6.39. The highest BCUT2D eigenvalue weighted by molar-refractivity contribution is 5.83. The highest BCUT2D eigenvalue weighted by Gasteiger charge is 2.63. The van der Waals surface area contributed by atoms with E-state index in [1.807, 2.05) is 0 Å². The molecule has 2 heteroatoms. The van der Waals surface area contributed by atoms with Crippen molar-refractivity contribution in [2.24, 2.45) is 11.8 Å². The minimum atomic E-state index is -0.0168. The van der Waals surface area contributed by atoms with E-state index in [9.17, 15) is 4.79 Å².